The molecular formula is C35H53N3. The van der Waals surface area contributed by atoms with Crippen molar-refractivity contribution in [2.45, 2.75) is 148 Å². The monoisotopic (exact) mass is 515 g/mol. The maximum Gasteiger partial charge on any atom is 0.131 e. The van der Waals surface area contributed by atoms with E-state index in [0.29, 0.717) is 5.92 Å². The lowest BCUT2D eigenvalue weighted by atomic mass is 9.68. The minimum atomic E-state index is -0.114. The maximum atomic E-state index is 9.95. The van der Waals surface area contributed by atoms with Gasteiger partial charge in [-0.15, -0.1) is 0 Å². The molecule has 0 spiro atoms. The minimum absolute atomic E-state index is 0.114. The Labute approximate surface area is 233 Å². The fraction of sp³-hybridized carbons (Fsp3) is 0.686. The lowest BCUT2D eigenvalue weighted by molar-refractivity contribution is 0.219. The molecule has 3 heteroatoms. The average Bonchev–Trinajstić information content (AvgIpc) is 2.97. The molecule has 0 saturated heterocycles. The van der Waals surface area contributed by atoms with Crippen molar-refractivity contribution in [3.63, 3.8) is 0 Å². The van der Waals surface area contributed by atoms with Crippen molar-refractivity contribution in [2.24, 2.45) is 5.41 Å². The highest BCUT2D eigenvalue weighted by atomic mass is 14.9. The minimum Gasteiger partial charge on any atom is -0.240 e. The summed E-state index contributed by atoms with van der Waals surface area (Å²) in [6.07, 6.45) is 29.0. The van der Waals surface area contributed by atoms with Gasteiger partial charge in [-0.25, -0.2) is 9.97 Å². The second kappa shape index (κ2) is 17.4. The SMILES string of the molecule is CCCCCCCCCCc1ccc(-c2cnc([C@H]3CC[C@@](C#N)(CCCCCCCC)CC3)nc2)cc1. The van der Waals surface area contributed by atoms with E-state index in [1.165, 1.54) is 107 Å². The molecule has 0 radical (unpaired) electrons. The topological polar surface area (TPSA) is 49.6 Å². The number of unbranched alkanes of at least 4 members (excludes halogenated alkanes) is 12. The number of aryl methyl sites for hydroxylation is 1. The molecule has 1 aromatic heterocycles. The van der Waals surface area contributed by atoms with Crippen LogP contribution < -0.4 is 0 Å². The number of nitriles is 1. The van der Waals surface area contributed by atoms with Gasteiger partial charge in [0.05, 0.1) is 11.5 Å². The molecule has 0 N–H and O–H groups in total. The molecule has 1 aromatic carbocycles. The zero-order valence-electron chi connectivity index (χ0n) is 24.5. The summed E-state index contributed by atoms with van der Waals surface area (Å²) in [5, 5.41) is 9.95. The first kappa shape index (κ1) is 30.3. The van der Waals surface area contributed by atoms with E-state index in [9.17, 15) is 5.26 Å². The van der Waals surface area contributed by atoms with E-state index in [1.54, 1.807) is 0 Å². The van der Waals surface area contributed by atoms with Crippen LogP contribution in [-0.2, 0) is 6.42 Å². The van der Waals surface area contributed by atoms with E-state index >= 15 is 0 Å². The largest absolute Gasteiger partial charge is 0.240 e. The van der Waals surface area contributed by atoms with Crippen molar-refractivity contribution in [1.82, 2.24) is 9.97 Å². The van der Waals surface area contributed by atoms with Crippen molar-refractivity contribution in [3.05, 3.63) is 48.0 Å². The Kier molecular flexibility index (Phi) is 13.9. The fourth-order valence-electron chi connectivity index (χ4n) is 6.11. The summed E-state index contributed by atoms with van der Waals surface area (Å²) in [5.41, 5.74) is 3.61. The zero-order valence-corrected chi connectivity index (χ0v) is 24.5. The van der Waals surface area contributed by atoms with Crippen molar-refractivity contribution in [3.8, 4) is 17.2 Å². The van der Waals surface area contributed by atoms with E-state index in [4.69, 9.17) is 9.97 Å². The smallest absolute Gasteiger partial charge is 0.131 e. The second-order valence-electron chi connectivity index (χ2n) is 11.9. The number of hydrogen-bond acceptors (Lipinski definition) is 3. The average molecular weight is 516 g/mol. The highest BCUT2D eigenvalue weighted by Gasteiger charge is 2.36. The van der Waals surface area contributed by atoms with Crippen LogP contribution in [0.4, 0.5) is 0 Å². The van der Waals surface area contributed by atoms with E-state index in [2.05, 4.69) is 44.2 Å². The number of aromatic nitrogens is 2. The molecule has 0 atom stereocenters. The van der Waals surface area contributed by atoms with Gasteiger partial charge >= 0.3 is 0 Å². The Hall–Kier alpha value is -2.21. The van der Waals surface area contributed by atoms with Gasteiger partial charge in [0, 0.05) is 23.9 Å². The van der Waals surface area contributed by atoms with Crippen LogP contribution >= 0.6 is 0 Å². The van der Waals surface area contributed by atoms with E-state index in [0.717, 1.165) is 43.5 Å². The Morgan fingerprint density at radius 3 is 1.79 bits per heavy atom. The molecule has 3 nitrogen and oxygen atoms in total. The first-order valence-corrected chi connectivity index (χ1v) is 16.0. The maximum absolute atomic E-state index is 9.95. The van der Waals surface area contributed by atoms with Gasteiger partial charge in [-0.05, 0) is 56.1 Å². The van der Waals surface area contributed by atoms with Crippen LogP contribution in [-0.4, -0.2) is 9.97 Å². The summed E-state index contributed by atoms with van der Waals surface area (Å²) < 4.78 is 0. The second-order valence-corrected chi connectivity index (χ2v) is 11.9. The van der Waals surface area contributed by atoms with Crippen LogP contribution in [0.3, 0.4) is 0 Å². The van der Waals surface area contributed by atoms with Crippen LogP contribution in [0.25, 0.3) is 11.1 Å². The summed E-state index contributed by atoms with van der Waals surface area (Å²) >= 11 is 0. The van der Waals surface area contributed by atoms with Gasteiger partial charge in [-0.1, -0.05) is 122 Å². The first-order chi connectivity index (χ1) is 18.7. The predicted octanol–water partition coefficient (Wildman–Crippen LogP) is 10.7. The molecule has 1 saturated carbocycles. The third-order valence-electron chi connectivity index (χ3n) is 8.83. The van der Waals surface area contributed by atoms with E-state index in [-0.39, 0.29) is 5.41 Å². The van der Waals surface area contributed by atoms with Crippen LogP contribution in [0.2, 0.25) is 0 Å². The van der Waals surface area contributed by atoms with Crippen molar-refractivity contribution >= 4 is 0 Å². The summed E-state index contributed by atoms with van der Waals surface area (Å²) in [6, 6.07) is 11.7. The molecule has 1 heterocycles. The van der Waals surface area contributed by atoms with Gasteiger partial charge in [0.25, 0.3) is 0 Å². The van der Waals surface area contributed by atoms with Crippen LogP contribution in [0.1, 0.15) is 153 Å². The number of benzene rings is 1. The highest BCUT2D eigenvalue weighted by molar-refractivity contribution is 5.61. The van der Waals surface area contributed by atoms with Crippen molar-refractivity contribution < 1.29 is 0 Å². The molecule has 1 fully saturated rings. The summed E-state index contributed by atoms with van der Waals surface area (Å²) in [6.45, 7) is 4.54. The van der Waals surface area contributed by atoms with Crippen molar-refractivity contribution in [2.75, 3.05) is 0 Å². The fourth-order valence-corrected chi connectivity index (χ4v) is 6.11. The molecule has 2 aromatic rings. The third kappa shape index (κ3) is 10.2. The standard InChI is InChI=1S/C35H53N3/c1-3-5-7-9-11-12-13-15-17-30-18-20-31(21-19-30)33-27-37-34(38-28-33)32-22-25-35(29-36,26-23-32)24-16-14-10-8-6-4-2/h18-21,27-28,32H,3-17,22-26H2,1-2H3/t32-,35-. The van der Waals surface area contributed by atoms with E-state index < -0.39 is 0 Å². The third-order valence-corrected chi connectivity index (χ3v) is 8.83. The van der Waals surface area contributed by atoms with Gasteiger partial charge in [0.1, 0.15) is 5.82 Å². The molecule has 0 unspecified atom stereocenters. The molecule has 3 rings (SSSR count). The number of nitrogens with zero attached hydrogens (tertiary/aromatic N) is 3. The van der Waals surface area contributed by atoms with E-state index in [1.807, 2.05) is 12.4 Å². The van der Waals surface area contributed by atoms with Crippen LogP contribution in [0.5, 0.6) is 0 Å². The summed E-state index contributed by atoms with van der Waals surface area (Å²) in [4.78, 5) is 9.56. The van der Waals surface area contributed by atoms with Gasteiger partial charge in [0.2, 0.25) is 0 Å². The Bertz CT molecular complexity index is 917. The van der Waals surface area contributed by atoms with Gasteiger partial charge in [-0.2, -0.15) is 5.26 Å². The normalized spacial score (nSPS) is 19.3. The Balaban J connectivity index is 1.40. The number of hydrogen-bond donors (Lipinski definition) is 0. The highest BCUT2D eigenvalue weighted by Crippen LogP contribution is 2.45. The first-order valence-electron chi connectivity index (χ1n) is 16.0. The Morgan fingerprint density at radius 1 is 0.711 bits per heavy atom. The molecule has 208 valence electrons. The quantitative estimate of drug-likeness (QED) is 0.185. The summed E-state index contributed by atoms with van der Waals surface area (Å²) in [7, 11) is 0. The van der Waals surface area contributed by atoms with Crippen LogP contribution in [0, 0.1) is 16.7 Å². The molecule has 0 bridgehead atoms. The van der Waals surface area contributed by atoms with Gasteiger partial charge < -0.3 is 0 Å². The predicted molar refractivity (Wildman–Crippen MR) is 161 cm³/mol. The molecule has 1 aliphatic carbocycles. The lowest BCUT2D eigenvalue weighted by Gasteiger charge is -2.34. The van der Waals surface area contributed by atoms with Crippen LogP contribution in [0.15, 0.2) is 36.7 Å². The molecule has 1 aliphatic rings. The Morgan fingerprint density at radius 2 is 1.24 bits per heavy atom. The van der Waals surface area contributed by atoms with Gasteiger partial charge in [-0.3, -0.25) is 0 Å². The molecule has 38 heavy (non-hydrogen) atoms. The molecule has 0 amide bonds. The van der Waals surface area contributed by atoms with Gasteiger partial charge in [0.15, 0.2) is 0 Å². The summed E-state index contributed by atoms with van der Waals surface area (Å²) in [5.74, 6) is 1.36. The zero-order chi connectivity index (χ0) is 26.9. The lowest BCUT2D eigenvalue weighted by Crippen LogP contribution is -2.26. The number of rotatable bonds is 18. The molecule has 0 aliphatic heterocycles. The molecular weight excluding hydrogens is 462 g/mol. The van der Waals surface area contributed by atoms with Crippen molar-refractivity contribution in [1.29, 1.82) is 5.26 Å².